The minimum atomic E-state index is -0.796. The van der Waals surface area contributed by atoms with Crippen LogP contribution in [0.2, 0.25) is 0 Å². The number of hydrogen-bond donors (Lipinski definition) is 0. The van der Waals surface area contributed by atoms with Gasteiger partial charge in [0.05, 0.1) is 0 Å². The van der Waals surface area contributed by atoms with E-state index in [1.165, 1.54) is 77.0 Å². The summed E-state index contributed by atoms with van der Waals surface area (Å²) in [7, 11) is 0. The lowest BCUT2D eigenvalue weighted by atomic mass is 10.1. The first-order valence-corrected chi connectivity index (χ1v) is 32.3. The Hall–Kier alpha value is -4.71. The average Bonchev–Trinajstić information content (AvgIpc) is 3.45. The lowest BCUT2D eigenvalue weighted by molar-refractivity contribution is -0.167. The second kappa shape index (κ2) is 65.8. The van der Waals surface area contributed by atoms with Crippen LogP contribution in [0.25, 0.3) is 0 Å². The highest BCUT2D eigenvalue weighted by Crippen LogP contribution is 2.15. The number of unbranched alkanes of at least 4 members (excludes halogenated alkanes) is 22. The molecule has 0 saturated heterocycles. The van der Waals surface area contributed by atoms with Crippen LogP contribution in [0.4, 0.5) is 0 Å². The lowest BCUT2D eigenvalue weighted by Crippen LogP contribution is -2.30. The van der Waals surface area contributed by atoms with Crippen LogP contribution in [0.1, 0.15) is 278 Å². The molecular formula is C73H118O6. The molecular weight excluding hydrogens is 973 g/mol. The molecule has 6 heteroatoms. The highest BCUT2D eigenvalue weighted by atomic mass is 16.6. The molecule has 0 saturated carbocycles. The van der Waals surface area contributed by atoms with Gasteiger partial charge in [-0.15, -0.1) is 0 Å². The number of carbonyl (C=O) groups is 3. The van der Waals surface area contributed by atoms with Gasteiger partial charge in [0.25, 0.3) is 0 Å². The molecule has 0 aromatic rings. The highest BCUT2D eigenvalue weighted by molar-refractivity contribution is 5.71. The number of rotatable bonds is 57. The smallest absolute Gasteiger partial charge is 0.306 e. The summed E-state index contributed by atoms with van der Waals surface area (Å²) >= 11 is 0. The first-order valence-electron chi connectivity index (χ1n) is 32.3. The SMILES string of the molecule is CC/C=C\C/C=C\C/C=C\C/C=C\C/C=C\C/C=C\C/C=C\C/C=C\C/C=C\CCCCCCCC(=O)OCC(COC(=O)CCCCCCCCCCCCC)OC(=O)CCCCCCCCC/C=C\C/C=C\C/C=C\CC. The average molecular weight is 1090 g/mol. The summed E-state index contributed by atoms with van der Waals surface area (Å²) in [5.41, 5.74) is 0. The minimum absolute atomic E-state index is 0.0905. The Kier molecular flexibility index (Phi) is 61.9. The first-order chi connectivity index (χ1) is 39.0. The molecule has 0 rings (SSSR count). The fourth-order valence-electron chi connectivity index (χ4n) is 8.57. The van der Waals surface area contributed by atoms with Gasteiger partial charge in [-0.05, 0) is 122 Å². The molecule has 0 aliphatic carbocycles. The minimum Gasteiger partial charge on any atom is -0.462 e. The van der Waals surface area contributed by atoms with E-state index >= 15 is 0 Å². The van der Waals surface area contributed by atoms with Gasteiger partial charge in [0, 0.05) is 19.3 Å². The number of carbonyl (C=O) groups excluding carboxylic acids is 3. The van der Waals surface area contributed by atoms with Crippen LogP contribution >= 0.6 is 0 Å². The normalized spacial score (nSPS) is 13.1. The summed E-state index contributed by atoms with van der Waals surface area (Å²) in [6.45, 7) is 6.39. The Balaban J connectivity index is 4.31. The Morgan fingerprint density at radius 1 is 0.266 bits per heavy atom. The number of ether oxygens (including phenoxy) is 3. The number of hydrogen-bond acceptors (Lipinski definition) is 6. The summed E-state index contributed by atoms with van der Waals surface area (Å²) in [5.74, 6) is -0.921. The molecule has 6 nitrogen and oxygen atoms in total. The Bertz CT molecular complexity index is 1730. The molecule has 0 heterocycles. The van der Waals surface area contributed by atoms with Gasteiger partial charge < -0.3 is 14.2 Å². The van der Waals surface area contributed by atoms with Crippen molar-refractivity contribution >= 4 is 17.9 Å². The maximum Gasteiger partial charge on any atom is 0.306 e. The van der Waals surface area contributed by atoms with Crippen molar-refractivity contribution in [3.8, 4) is 0 Å². The largest absolute Gasteiger partial charge is 0.462 e. The van der Waals surface area contributed by atoms with E-state index in [1.807, 2.05) is 0 Å². The van der Waals surface area contributed by atoms with Crippen molar-refractivity contribution in [3.05, 3.63) is 146 Å². The van der Waals surface area contributed by atoms with Gasteiger partial charge in [-0.25, -0.2) is 0 Å². The number of esters is 3. The van der Waals surface area contributed by atoms with Gasteiger partial charge >= 0.3 is 17.9 Å². The summed E-state index contributed by atoms with van der Waals surface area (Å²) in [6.07, 6.45) is 94.3. The predicted octanol–water partition coefficient (Wildman–Crippen LogP) is 22.3. The van der Waals surface area contributed by atoms with Gasteiger partial charge in [0.1, 0.15) is 13.2 Å². The van der Waals surface area contributed by atoms with Gasteiger partial charge in [0.15, 0.2) is 6.10 Å². The molecule has 79 heavy (non-hydrogen) atoms. The monoisotopic (exact) mass is 1090 g/mol. The summed E-state index contributed by atoms with van der Waals surface area (Å²) in [6, 6.07) is 0. The number of allylic oxidation sites excluding steroid dienone is 24. The van der Waals surface area contributed by atoms with Crippen molar-refractivity contribution < 1.29 is 28.6 Å². The molecule has 1 atom stereocenters. The van der Waals surface area contributed by atoms with Crippen LogP contribution in [0.15, 0.2) is 146 Å². The third-order valence-corrected chi connectivity index (χ3v) is 13.3. The van der Waals surface area contributed by atoms with Crippen molar-refractivity contribution in [3.63, 3.8) is 0 Å². The topological polar surface area (TPSA) is 78.9 Å². The molecule has 0 aliphatic rings. The van der Waals surface area contributed by atoms with E-state index < -0.39 is 6.10 Å². The van der Waals surface area contributed by atoms with Crippen molar-refractivity contribution in [2.24, 2.45) is 0 Å². The Morgan fingerprint density at radius 3 is 0.772 bits per heavy atom. The standard InChI is InChI=1S/C73H118O6/c1-4-7-10-13-16-19-22-24-26-28-29-30-31-32-33-34-35-36-37-38-39-40-41-42-43-45-46-48-51-54-57-60-63-66-72(75)78-69-70(68-77-71(74)65-62-59-56-53-50-21-18-15-12-9-6-3)79-73(76)67-64-61-58-55-52-49-47-44-27-25-23-20-17-14-11-8-5-2/h7-8,10-11,16-17,19-20,24-27,29-30,32-33,35-36,38-39,41-42,45-46,70H,4-6,9,12-15,18,21-23,28,31,34,37,40,43-44,47-69H2,1-3H3/b10-7-,11-8-,19-16-,20-17-,26-24-,27-25-,30-29-,33-32-,36-35-,39-38-,42-41-,46-45-. The van der Waals surface area contributed by atoms with Crippen LogP contribution in [-0.4, -0.2) is 37.2 Å². The Labute approximate surface area is 487 Å². The van der Waals surface area contributed by atoms with Crippen LogP contribution in [-0.2, 0) is 28.6 Å². The summed E-state index contributed by atoms with van der Waals surface area (Å²) in [4.78, 5) is 38.2. The van der Waals surface area contributed by atoms with E-state index in [0.29, 0.717) is 19.3 Å². The molecule has 0 amide bonds. The van der Waals surface area contributed by atoms with Crippen molar-refractivity contribution in [1.82, 2.24) is 0 Å². The van der Waals surface area contributed by atoms with Crippen LogP contribution < -0.4 is 0 Å². The van der Waals surface area contributed by atoms with Crippen LogP contribution in [0, 0.1) is 0 Å². The third kappa shape index (κ3) is 64.0. The molecule has 0 N–H and O–H groups in total. The fourth-order valence-corrected chi connectivity index (χ4v) is 8.57. The summed E-state index contributed by atoms with van der Waals surface area (Å²) in [5, 5.41) is 0. The van der Waals surface area contributed by atoms with E-state index in [-0.39, 0.29) is 31.1 Å². The predicted molar refractivity (Wildman–Crippen MR) is 343 cm³/mol. The van der Waals surface area contributed by atoms with E-state index in [2.05, 4.69) is 167 Å². The van der Waals surface area contributed by atoms with E-state index in [4.69, 9.17) is 14.2 Å². The molecule has 1 unspecified atom stereocenters. The zero-order valence-corrected chi connectivity index (χ0v) is 51.1. The maximum atomic E-state index is 12.9. The fraction of sp³-hybridized carbons (Fsp3) is 0.630. The molecule has 0 bridgehead atoms. The zero-order valence-electron chi connectivity index (χ0n) is 51.1. The van der Waals surface area contributed by atoms with Crippen LogP contribution in [0.5, 0.6) is 0 Å². The van der Waals surface area contributed by atoms with Gasteiger partial charge in [-0.1, -0.05) is 282 Å². The first kappa shape index (κ1) is 74.3. The molecule has 0 fully saturated rings. The molecule has 0 radical (unpaired) electrons. The molecule has 0 spiro atoms. The van der Waals surface area contributed by atoms with Crippen molar-refractivity contribution in [2.75, 3.05) is 13.2 Å². The van der Waals surface area contributed by atoms with E-state index in [9.17, 15) is 14.4 Å². The molecule has 0 aromatic carbocycles. The molecule has 0 aliphatic heterocycles. The third-order valence-electron chi connectivity index (χ3n) is 13.3. The van der Waals surface area contributed by atoms with Crippen LogP contribution in [0.3, 0.4) is 0 Å². The van der Waals surface area contributed by atoms with Gasteiger partial charge in [-0.2, -0.15) is 0 Å². The zero-order chi connectivity index (χ0) is 57.1. The highest BCUT2D eigenvalue weighted by Gasteiger charge is 2.19. The van der Waals surface area contributed by atoms with Gasteiger partial charge in [0.2, 0.25) is 0 Å². The van der Waals surface area contributed by atoms with Crippen molar-refractivity contribution in [2.45, 2.75) is 284 Å². The van der Waals surface area contributed by atoms with E-state index in [1.54, 1.807) is 0 Å². The second-order valence-electron chi connectivity index (χ2n) is 20.9. The second-order valence-corrected chi connectivity index (χ2v) is 20.9. The lowest BCUT2D eigenvalue weighted by Gasteiger charge is -2.18. The molecule has 446 valence electrons. The summed E-state index contributed by atoms with van der Waals surface area (Å²) < 4.78 is 16.9. The maximum absolute atomic E-state index is 12.9. The van der Waals surface area contributed by atoms with Gasteiger partial charge in [-0.3, -0.25) is 14.4 Å². The quantitative estimate of drug-likeness (QED) is 0.0261. The Morgan fingerprint density at radius 2 is 0.494 bits per heavy atom. The molecule has 0 aromatic heterocycles. The van der Waals surface area contributed by atoms with E-state index in [0.717, 1.165) is 161 Å². The van der Waals surface area contributed by atoms with Crippen molar-refractivity contribution in [1.29, 1.82) is 0 Å².